The van der Waals surface area contributed by atoms with Crippen LogP contribution in [0, 0.1) is 5.92 Å². The molecule has 1 aromatic rings. The van der Waals surface area contributed by atoms with Gasteiger partial charge in [-0.1, -0.05) is 36.2 Å². The molecule has 10 heteroatoms. The molecule has 1 saturated heterocycles. The number of carbonyl (C=O) groups is 3. The summed E-state index contributed by atoms with van der Waals surface area (Å²) in [5.74, 6) is -0.245. The Balaban J connectivity index is 1.65. The molecule has 0 aromatic heterocycles. The van der Waals surface area contributed by atoms with E-state index in [0.717, 1.165) is 43.0 Å². The number of rotatable bonds is 8. The smallest absolute Gasteiger partial charge is 0.308 e. The van der Waals surface area contributed by atoms with Gasteiger partial charge >= 0.3 is 5.97 Å². The topological polar surface area (TPSA) is 97.0 Å². The highest BCUT2D eigenvalue weighted by Crippen LogP contribution is 2.25. The SMILES string of the molecule is CC(C)CCOc1ccc(Br)cc1C(=O)NC(=S)N1CCNC(=O)C1CC(=O)OC1CCCCC1. The van der Waals surface area contributed by atoms with Crippen molar-refractivity contribution in [1.82, 2.24) is 15.5 Å². The van der Waals surface area contributed by atoms with Gasteiger partial charge in [0.05, 0.1) is 18.6 Å². The highest BCUT2D eigenvalue weighted by molar-refractivity contribution is 9.10. The molecule has 1 atom stereocenters. The van der Waals surface area contributed by atoms with Crippen LogP contribution < -0.4 is 15.4 Å². The van der Waals surface area contributed by atoms with E-state index in [1.807, 2.05) is 6.07 Å². The quantitative estimate of drug-likeness (QED) is 0.362. The number of esters is 1. The Labute approximate surface area is 220 Å². The van der Waals surface area contributed by atoms with E-state index in [4.69, 9.17) is 21.7 Å². The van der Waals surface area contributed by atoms with Gasteiger partial charge in [0.15, 0.2) is 5.11 Å². The van der Waals surface area contributed by atoms with E-state index in [2.05, 4.69) is 40.4 Å². The highest BCUT2D eigenvalue weighted by atomic mass is 79.9. The molecule has 8 nitrogen and oxygen atoms in total. The minimum absolute atomic E-state index is 0.0892. The van der Waals surface area contributed by atoms with Crippen molar-refractivity contribution in [3.63, 3.8) is 0 Å². The van der Waals surface area contributed by atoms with Crippen LogP contribution >= 0.6 is 28.1 Å². The number of piperazine rings is 1. The third-order valence-corrected chi connectivity index (χ3v) is 6.99. The van der Waals surface area contributed by atoms with Crippen molar-refractivity contribution in [3.8, 4) is 5.75 Å². The number of hydrogen-bond donors (Lipinski definition) is 2. The summed E-state index contributed by atoms with van der Waals surface area (Å²) in [5.41, 5.74) is 0.334. The molecular weight excluding hydrogens is 534 g/mol. The van der Waals surface area contributed by atoms with Crippen molar-refractivity contribution in [3.05, 3.63) is 28.2 Å². The Morgan fingerprint density at radius 1 is 1.26 bits per heavy atom. The summed E-state index contributed by atoms with van der Waals surface area (Å²) in [4.78, 5) is 39.9. The average Bonchev–Trinajstić information content (AvgIpc) is 2.81. The van der Waals surface area contributed by atoms with E-state index in [0.29, 0.717) is 36.9 Å². The molecule has 1 aliphatic carbocycles. The molecule has 0 bridgehead atoms. The van der Waals surface area contributed by atoms with Crippen molar-refractivity contribution in [2.45, 2.75) is 70.9 Å². The number of nitrogens with zero attached hydrogens (tertiary/aromatic N) is 1. The summed E-state index contributed by atoms with van der Waals surface area (Å²) < 4.78 is 12.2. The van der Waals surface area contributed by atoms with Crippen LogP contribution in [0.5, 0.6) is 5.75 Å². The van der Waals surface area contributed by atoms with E-state index in [9.17, 15) is 14.4 Å². The molecule has 0 spiro atoms. The van der Waals surface area contributed by atoms with Gasteiger partial charge in [0.25, 0.3) is 5.91 Å². The van der Waals surface area contributed by atoms with E-state index < -0.39 is 17.9 Å². The van der Waals surface area contributed by atoms with Gasteiger partial charge < -0.3 is 19.7 Å². The third-order valence-electron chi connectivity index (χ3n) is 6.16. The molecule has 2 aliphatic rings. The number of benzene rings is 1. The van der Waals surface area contributed by atoms with Crippen molar-refractivity contribution >= 4 is 51.0 Å². The summed E-state index contributed by atoms with van der Waals surface area (Å²) in [7, 11) is 0. The second kappa shape index (κ2) is 13.2. The maximum atomic E-state index is 13.1. The first-order valence-electron chi connectivity index (χ1n) is 12.3. The van der Waals surface area contributed by atoms with Crippen LogP contribution in [0.2, 0.25) is 0 Å². The standard InChI is InChI=1S/C25H34BrN3O5S/c1-16(2)10-13-33-21-9-8-17(26)14-19(21)23(31)28-25(35)29-12-11-27-24(32)20(29)15-22(30)34-18-6-4-3-5-7-18/h8-9,14,16,18,20H,3-7,10-13,15H2,1-2H3,(H,27,32)(H,28,31,35). The predicted molar refractivity (Wildman–Crippen MR) is 140 cm³/mol. The number of halogens is 1. The number of thiocarbonyl (C=S) groups is 1. The van der Waals surface area contributed by atoms with Gasteiger partial charge in [-0.15, -0.1) is 0 Å². The van der Waals surface area contributed by atoms with Crippen LogP contribution in [-0.2, 0) is 14.3 Å². The summed E-state index contributed by atoms with van der Waals surface area (Å²) in [6, 6.07) is 4.38. The summed E-state index contributed by atoms with van der Waals surface area (Å²) in [6.07, 6.45) is 5.60. The average molecular weight is 569 g/mol. The number of hydrogen-bond acceptors (Lipinski definition) is 6. The van der Waals surface area contributed by atoms with Crippen LogP contribution in [0.3, 0.4) is 0 Å². The summed E-state index contributed by atoms with van der Waals surface area (Å²) >= 11 is 8.90. The molecule has 192 valence electrons. The predicted octanol–water partition coefficient (Wildman–Crippen LogP) is 3.96. The molecule has 2 fully saturated rings. The fourth-order valence-corrected chi connectivity index (χ4v) is 4.85. The van der Waals surface area contributed by atoms with Gasteiger partial charge in [-0.05, 0) is 68.4 Å². The van der Waals surface area contributed by atoms with Gasteiger partial charge in [-0.25, -0.2) is 0 Å². The Bertz CT molecular complexity index is 936. The fraction of sp³-hybridized carbons (Fsp3) is 0.600. The van der Waals surface area contributed by atoms with Gasteiger partial charge in [-0.3, -0.25) is 19.7 Å². The molecule has 1 saturated carbocycles. The number of carbonyl (C=O) groups excluding carboxylic acids is 3. The molecule has 35 heavy (non-hydrogen) atoms. The molecule has 3 rings (SSSR count). The Morgan fingerprint density at radius 3 is 2.71 bits per heavy atom. The van der Waals surface area contributed by atoms with E-state index in [1.54, 1.807) is 17.0 Å². The Morgan fingerprint density at radius 2 is 2.00 bits per heavy atom. The first-order valence-corrected chi connectivity index (χ1v) is 13.5. The second-order valence-corrected chi connectivity index (χ2v) is 10.7. The lowest BCUT2D eigenvalue weighted by atomic mass is 9.98. The maximum Gasteiger partial charge on any atom is 0.308 e. The molecule has 1 unspecified atom stereocenters. The van der Waals surface area contributed by atoms with Crippen LogP contribution in [0.4, 0.5) is 0 Å². The van der Waals surface area contributed by atoms with Gasteiger partial charge in [-0.2, -0.15) is 0 Å². The van der Waals surface area contributed by atoms with E-state index in [1.165, 1.54) is 0 Å². The monoisotopic (exact) mass is 567 g/mol. The first-order chi connectivity index (χ1) is 16.7. The second-order valence-electron chi connectivity index (χ2n) is 9.38. The molecule has 0 radical (unpaired) electrons. The van der Waals surface area contributed by atoms with Crippen molar-refractivity contribution in [1.29, 1.82) is 0 Å². The maximum absolute atomic E-state index is 13.1. The van der Waals surface area contributed by atoms with E-state index in [-0.39, 0.29) is 23.5 Å². The minimum Gasteiger partial charge on any atom is -0.493 e. The zero-order valence-corrected chi connectivity index (χ0v) is 22.7. The Hall–Kier alpha value is -2.20. The van der Waals surface area contributed by atoms with E-state index >= 15 is 0 Å². The molecule has 1 aromatic carbocycles. The lowest BCUT2D eigenvalue weighted by molar-refractivity contribution is -0.153. The number of amides is 2. The summed E-state index contributed by atoms with van der Waals surface area (Å²) in [5, 5.41) is 5.59. The lowest BCUT2D eigenvalue weighted by Gasteiger charge is -2.36. The zero-order valence-electron chi connectivity index (χ0n) is 20.3. The molecule has 2 amide bonds. The van der Waals surface area contributed by atoms with Crippen molar-refractivity contribution in [2.75, 3.05) is 19.7 Å². The van der Waals surface area contributed by atoms with Crippen LogP contribution in [-0.4, -0.2) is 59.6 Å². The number of nitrogens with one attached hydrogen (secondary N) is 2. The fourth-order valence-electron chi connectivity index (χ4n) is 4.18. The highest BCUT2D eigenvalue weighted by Gasteiger charge is 2.35. The molecule has 1 heterocycles. The Kier molecular flexibility index (Phi) is 10.3. The van der Waals surface area contributed by atoms with Crippen LogP contribution in [0.15, 0.2) is 22.7 Å². The molecule has 2 N–H and O–H groups in total. The van der Waals surface area contributed by atoms with Gasteiger partial charge in [0.1, 0.15) is 17.9 Å². The zero-order chi connectivity index (χ0) is 25.4. The van der Waals surface area contributed by atoms with Crippen LogP contribution in [0.1, 0.15) is 69.2 Å². The minimum atomic E-state index is -0.836. The molecular formula is C25H34BrN3O5S. The first kappa shape index (κ1) is 27.4. The van der Waals surface area contributed by atoms with Gasteiger partial charge in [0, 0.05) is 17.6 Å². The third kappa shape index (κ3) is 8.17. The lowest BCUT2D eigenvalue weighted by Crippen LogP contribution is -2.60. The summed E-state index contributed by atoms with van der Waals surface area (Å²) in [6.45, 7) is 5.44. The van der Waals surface area contributed by atoms with Gasteiger partial charge in [0.2, 0.25) is 5.91 Å². The largest absolute Gasteiger partial charge is 0.493 e. The van der Waals surface area contributed by atoms with Crippen molar-refractivity contribution < 1.29 is 23.9 Å². The van der Waals surface area contributed by atoms with Crippen LogP contribution in [0.25, 0.3) is 0 Å². The normalized spacial score (nSPS) is 18.7. The van der Waals surface area contributed by atoms with Crippen molar-refractivity contribution in [2.24, 2.45) is 5.92 Å². The number of ether oxygens (including phenoxy) is 2. The molecule has 1 aliphatic heterocycles.